The molecule has 0 aromatic carbocycles. The van der Waals surface area contributed by atoms with E-state index < -0.39 is 0 Å². The second kappa shape index (κ2) is 2.49. The highest BCUT2D eigenvalue weighted by atomic mass is 15.1. The zero-order chi connectivity index (χ0) is 8.65. The van der Waals surface area contributed by atoms with Crippen molar-refractivity contribution in [2.45, 2.75) is 25.8 Å². The molecule has 1 rings (SSSR count). The molecule has 11 heavy (non-hydrogen) atoms. The van der Waals surface area contributed by atoms with E-state index in [0.717, 1.165) is 5.92 Å². The minimum Gasteiger partial charge on any atom is -0.292 e. The van der Waals surface area contributed by atoms with E-state index in [1.54, 1.807) is 0 Å². The standard InChI is InChI=1S/C9H16N2/c1-7-5-8(7)9(2,6-10)11(3)4/h7-8H,5H2,1-4H3. The van der Waals surface area contributed by atoms with E-state index in [2.05, 4.69) is 13.0 Å². The predicted octanol–water partition coefficient (Wildman–Crippen LogP) is 1.49. The lowest BCUT2D eigenvalue weighted by Crippen LogP contribution is -2.42. The molecule has 3 unspecified atom stereocenters. The van der Waals surface area contributed by atoms with Gasteiger partial charge in [0.25, 0.3) is 0 Å². The van der Waals surface area contributed by atoms with E-state index in [0.29, 0.717) is 5.92 Å². The lowest BCUT2D eigenvalue weighted by atomic mass is 9.95. The van der Waals surface area contributed by atoms with Gasteiger partial charge in [-0.2, -0.15) is 5.26 Å². The largest absolute Gasteiger partial charge is 0.292 e. The summed E-state index contributed by atoms with van der Waals surface area (Å²) in [7, 11) is 3.96. The highest BCUT2D eigenvalue weighted by Gasteiger charge is 2.49. The smallest absolute Gasteiger partial charge is 0.109 e. The summed E-state index contributed by atoms with van der Waals surface area (Å²) in [6.07, 6.45) is 1.21. The summed E-state index contributed by atoms with van der Waals surface area (Å²) < 4.78 is 0. The molecule has 0 bridgehead atoms. The Kier molecular flexibility index (Phi) is 1.94. The zero-order valence-corrected chi connectivity index (χ0v) is 7.76. The molecule has 2 heteroatoms. The maximum atomic E-state index is 8.99. The second-order valence-corrected chi connectivity index (χ2v) is 3.97. The van der Waals surface area contributed by atoms with Crippen molar-refractivity contribution in [1.82, 2.24) is 4.90 Å². The van der Waals surface area contributed by atoms with Crippen molar-refractivity contribution in [2.24, 2.45) is 11.8 Å². The van der Waals surface area contributed by atoms with Gasteiger partial charge in [-0.15, -0.1) is 0 Å². The Balaban J connectivity index is 2.70. The van der Waals surface area contributed by atoms with Crippen LogP contribution in [0.1, 0.15) is 20.3 Å². The molecule has 3 atom stereocenters. The molecule has 0 N–H and O–H groups in total. The van der Waals surface area contributed by atoms with E-state index in [1.807, 2.05) is 25.9 Å². The first kappa shape index (κ1) is 8.55. The van der Waals surface area contributed by atoms with Gasteiger partial charge in [-0.1, -0.05) is 6.92 Å². The summed E-state index contributed by atoms with van der Waals surface area (Å²) in [5.74, 6) is 1.32. The van der Waals surface area contributed by atoms with Gasteiger partial charge >= 0.3 is 0 Å². The van der Waals surface area contributed by atoms with Crippen LogP contribution in [0, 0.1) is 23.2 Å². The predicted molar refractivity (Wildman–Crippen MR) is 45.0 cm³/mol. The van der Waals surface area contributed by atoms with Crippen molar-refractivity contribution < 1.29 is 0 Å². The third-order valence-corrected chi connectivity index (χ3v) is 2.99. The molecule has 0 amide bonds. The first-order valence-corrected chi connectivity index (χ1v) is 4.11. The third kappa shape index (κ3) is 1.25. The molecular weight excluding hydrogens is 136 g/mol. The van der Waals surface area contributed by atoms with E-state index in [1.165, 1.54) is 6.42 Å². The fraction of sp³-hybridized carbons (Fsp3) is 0.889. The van der Waals surface area contributed by atoms with Crippen LogP contribution >= 0.6 is 0 Å². The summed E-state index contributed by atoms with van der Waals surface area (Å²) in [6, 6.07) is 2.40. The van der Waals surface area contributed by atoms with Crippen LogP contribution in [-0.4, -0.2) is 24.5 Å². The van der Waals surface area contributed by atoms with E-state index in [-0.39, 0.29) is 5.54 Å². The Morgan fingerprint density at radius 1 is 1.55 bits per heavy atom. The Labute approximate surface area is 68.8 Å². The lowest BCUT2D eigenvalue weighted by molar-refractivity contribution is 0.201. The molecular formula is C9H16N2. The highest BCUT2D eigenvalue weighted by Crippen LogP contribution is 2.47. The van der Waals surface area contributed by atoms with Crippen LogP contribution in [0.4, 0.5) is 0 Å². The van der Waals surface area contributed by atoms with Gasteiger partial charge in [-0.25, -0.2) is 0 Å². The van der Waals surface area contributed by atoms with Crippen LogP contribution in [0.15, 0.2) is 0 Å². The summed E-state index contributed by atoms with van der Waals surface area (Å²) in [4.78, 5) is 2.03. The molecule has 0 heterocycles. The molecule has 0 radical (unpaired) electrons. The minimum atomic E-state index is -0.237. The van der Waals surface area contributed by atoms with Gasteiger partial charge in [0.1, 0.15) is 5.54 Å². The van der Waals surface area contributed by atoms with Gasteiger partial charge in [-0.3, -0.25) is 4.90 Å². The van der Waals surface area contributed by atoms with Crippen LogP contribution in [0.2, 0.25) is 0 Å². The van der Waals surface area contributed by atoms with Crippen molar-refractivity contribution in [2.75, 3.05) is 14.1 Å². The average Bonchev–Trinajstić information content (AvgIpc) is 2.65. The Morgan fingerprint density at radius 2 is 2.00 bits per heavy atom. The van der Waals surface area contributed by atoms with Crippen molar-refractivity contribution in [3.8, 4) is 6.07 Å². The minimum absolute atomic E-state index is 0.237. The number of rotatable bonds is 2. The summed E-state index contributed by atoms with van der Waals surface area (Å²) >= 11 is 0. The number of hydrogen-bond donors (Lipinski definition) is 0. The van der Waals surface area contributed by atoms with Crippen LogP contribution in [0.5, 0.6) is 0 Å². The Bertz CT molecular complexity index is 192. The Morgan fingerprint density at radius 3 is 2.09 bits per heavy atom. The second-order valence-electron chi connectivity index (χ2n) is 3.97. The molecule has 62 valence electrons. The quantitative estimate of drug-likeness (QED) is 0.599. The van der Waals surface area contributed by atoms with Gasteiger partial charge in [0.05, 0.1) is 6.07 Å². The van der Waals surface area contributed by atoms with Crippen LogP contribution in [0.3, 0.4) is 0 Å². The van der Waals surface area contributed by atoms with Crippen molar-refractivity contribution in [3.05, 3.63) is 0 Å². The topological polar surface area (TPSA) is 27.0 Å². The van der Waals surface area contributed by atoms with E-state index >= 15 is 0 Å². The van der Waals surface area contributed by atoms with Gasteiger partial charge in [-0.05, 0) is 39.3 Å². The molecule has 0 saturated heterocycles. The molecule has 0 aliphatic heterocycles. The molecule has 2 nitrogen and oxygen atoms in total. The Hall–Kier alpha value is -0.550. The lowest BCUT2D eigenvalue weighted by Gasteiger charge is -2.29. The SMILES string of the molecule is CC1CC1C(C)(C#N)N(C)C. The molecule has 1 fully saturated rings. The molecule has 0 aromatic rings. The zero-order valence-electron chi connectivity index (χ0n) is 7.76. The van der Waals surface area contributed by atoms with Gasteiger partial charge in [0.2, 0.25) is 0 Å². The molecule has 1 aliphatic carbocycles. The first-order valence-electron chi connectivity index (χ1n) is 4.11. The molecule has 1 saturated carbocycles. The highest BCUT2D eigenvalue weighted by molar-refractivity contribution is 5.14. The van der Waals surface area contributed by atoms with Crippen molar-refractivity contribution >= 4 is 0 Å². The summed E-state index contributed by atoms with van der Waals surface area (Å²) in [5, 5.41) is 8.99. The van der Waals surface area contributed by atoms with Crippen molar-refractivity contribution in [3.63, 3.8) is 0 Å². The van der Waals surface area contributed by atoms with E-state index in [4.69, 9.17) is 5.26 Å². The van der Waals surface area contributed by atoms with Gasteiger partial charge < -0.3 is 0 Å². The van der Waals surface area contributed by atoms with Crippen LogP contribution in [-0.2, 0) is 0 Å². The van der Waals surface area contributed by atoms with Crippen LogP contribution < -0.4 is 0 Å². The monoisotopic (exact) mass is 152 g/mol. The number of nitrogens with zero attached hydrogens (tertiary/aromatic N) is 2. The summed E-state index contributed by atoms with van der Waals surface area (Å²) in [5.41, 5.74) is -0.237. The fourth-order valence-electron chi connectivity index (χ4n) is 1.62. The van der Waals surface area contributed by atoms with Gasteiger partial charge in [0, 0.05) is 0 Å². The van der Waals surface area contributed by atoms with E-state index in [9.17, 15) is 0 Å². The maximum absolute atomic E-state index is 8.99. The summed E-state index contributed by atoms with van der Waals surface area (Å²) in [6.45, 7) is 4.24. The van der Waals surface area contributed by atoms with Gasteiger partial charge in [0.15, 0.2) is 0 Å². The molecule has 0 aromatic heterocycles. The third-order valence-electron chi connectivity index (χ3n) is 2.99. The number of nitriles is 1. The van der Waals surface area contributed by atoms with Crippen molar-refractivity contribution in [1.29, 1.82) is 5.26 Å². The van der Waals surface area contributed by atoms with Crippen LogP contribution in [0.25, 0.3) is 0 Å². The normalized spacial score (nSPS) is 34.5. The average molecular weight is 152 g/mol. The number of hydrogen-bond acceptors (Lipinski definition) is 2. The molecule has 0 spiro atoms. The first-order chi connectivity index (χ1) is 5.02. The fourth-order valence-corrected chi connectivity index (χ4v) is 1.62. The molecule has 1 aliphatic rings. The maximum Gasteiger partial charge on any atom is 0.109 e.